The Morgan fingerprint density at radius 3 is 1.64 bits per heavy atom. The van der Waals surface area contributed by atoms with E-state index in [0.29, 0.717) is 0 Å². The second-order valence-corrected chi connectivity index (χ2v) is 9.23. The maximum Gasteiger partial charge on any atom is 0.0462 e. The molecule has 0 amide bonds. The average Bonchev–Trinajstić information content (AvgIpc) is 3.10. The zero-order valence-corrected chi connectivity index (χ0v) is 16.1. The zero-order chi connectivity index (χ0) is 17.1. The highest BCUT2D eigenvalue weighted by atomic mass is 79.9. The van der Waals surface area contributed by atoms with Crippen molar-refractivity contribution in [1.29, 1.82) is 0 Å². The molecule has 4 rings (SSSR count). The predicted molar refractivity (Wildman–Crippen MR) is 115 cm³/mol. The summed E-state index contributed by atoms with van der Waals surface area (Å²) in [4.78, 5) is 3.64. The van der Waals surface area contributed by atoms with Crippen LogP contribution in [0.2, 0.25) is 0 Å². The van der Waals surface area contributed by atoms with E-state index in [1.165, 1.54) is 14.4 Å². The molecule has 0 N–H and O–H groups in total. The maximum absolute atomic E-state index is 3.68. The molecule has 3 aromatic rings. The van der Waals surface area contributed by atoms with E-state index in [1.807, 2.05) is 0 Å². The van der Waals surface area contributed by atoms with Crippen LogP contribution in [-0.2, 0) is 0 Å². The fourth-order valence-electron chi connectivity index (χ4n) is 2.93. The van der Waals surface area contributed by atoms with E-state index in [9.17, 15) is 0 Å². The first-order valence-corrected chi connectivity index (χ1v) is 10.4. The third-order valence-corrected chi connectivity index (χ3v) is 7.46. The fourth-order valence-corrected chi connectivity index (χ4v) is 5.59. The van der Waals surface area contributed by atoms with Crippen LogP contribution in [0.3, 0.4) is 0 Å². The third-order valence-electron chi connectivity index (χ3n) is 4.11. The van der Waals surface area contributed by atoms with Gasteiger partial charge in [0, 0.05) is 20.9 Å². The Labute approximate surface area is 159 Å². The van der Waals surface area contributed by atoms with Crippen molar-refractivity contribution in [3.8, 4) is 0 Å². The van der Waals surface area contributed by atoms with Gasteiger partial charge >= 0.3 is 0 Å². The van der Waals surface area contributed by atoms with Crippen LogP contribution in [0, 0.1) is 0 Å². The summed E-state index contributed by atoms with van der Waals surface area (Å²) in [5.74, 6) is 0. The lowest BCUT2D eigenvalue weighted by molar-refractivity contribution is 1.27. The van der Waals surface area contributed by atoms with Crippen LogP contribution in [0.1, 0.15) is 0 Å². The monoisotopic (exact) mass is 407 g/mol. The molecule has 0 saturated heterocycles. The van der Waals surface area contributed by atoms with Crippen molar-refractivity contribution in [3.63, 3.8) is 0 Å². The molecule has 0 bridgehead atoms. The van der Waals surface area contributed by atoms with E-state index < -0.39 is 0 Å². The van der Waals surface area contributed by atoms with E-state index in [0.717, 1.165) is 11.4 Å². The van der Waals surface area contributed by atoms with Crippen molar-refractivity contribution in [2.24, 2.45) is 0 Å². The number of nitrogens with zero attached hydrogens (tertiary/aromatic N) is 1. The molecule has 1 aliphatic rings. The van der Waals surface area contributed by atoms with Gasteiger partial charge in [0.2, 0.25) is 0 Å². The van der Waals surface area contributed by atoms with E-state index in [2.05, 4.69) is 123 Å². The number of para-hydroxylation sites is 2. The van der Waals surface area contributed by atoms with Crippen LogP contribution in [0.5, 0.6) is 0 Å². The molecule has 1 nitrogen and oxygen atoms in total. The van der Waals surface area contributed by atoms with Gasteiger partial charge < -0.3 is 4.90 Å². The van der Waals surface area contributed by atoms with Crippen molar-refractivity contribution in [2.45, 2.75) is 4.90 Å². The van der Waals surface area contributed by atoms with E-state index >= 15 is 0 Å². The van der Waals surface area contributed by atoms with Gasteiger partial charge in [0.15, 0.2) is 0 Å². The van der Waals surface area contributed by atoms with Crippen molar-refractivity contribution < 1.29 is 0 Å². The van der Waals surface area contributed by atoms with Gasteiger partial charge in [-0.15, -0.1) is 0 Å². The first-order chi connectivity index (χ1) is 12.3. The molecule has 25 heavy (non-hydrogen) atoms. The third kappa shape index (κ3) is 3.44. The van der Waals surface area contributed by atoms with Crippen molar-refractivity contribution >= 4 is 43.9 Å². The Hall–Kier alpha value is -2.23. The highest BCUT2D eigenvalue weighted by Gasteiger charge is 2.14. The molecule has 0 aliphatic carbocycles. The minimum Gasteiger partial charge on any atom is -0.311 e. The highest BCUT2D eigenvalue weighted by Crippen LogP contribution is 2.51. The molecular formula is C22H18BrNS. The Morgan fingerprint density at radius 2 is 1.16 bits per heavy atom. The predicted octanol–water partition coefficient (Wildman–Crippen LogP) is 7.28. The van der Waals surface area contributed by atoms with Gasteiger partial charge in [0.1, 0.15) is 0 Å². The number of anilines is 3. The number of allylic oxidation sites excluding steroid dienone is 2. The summed E-state index contributed by atoms with van der Waals surface area (Å²) >= 11 is 3.68. The Bertz CT molecular complexity index is 862. The van der Waals surface area contributed by atoms with Crippen LogP contribution in [0.25, 0.3) is 0 Å². The Balaban J connectivity index is 1.73. The molecule has 3 aromatic carbocycles. The van der Waals surface area contributed by atoms with Crippen molar-refractivity contribution in [2.75, 3.05) is 4.90 Å². The molecule has 1 unspecified atom stereocenters. The lowest BCUT2D eigenvalue weighted by Crippen LogP contribution is -2.09. The minimum atomic E-state index is -0.363. The minimum absolute atomic E-state index is 0.363. The van der Waals surface area contributed by atoms with Crippen LogP contribution in [-0.4, -0.2) is 0 Å². The first-order valence-electron chi connectivity index (χ1n) is 8.16. The molecule has 0 saturated carbocycles. The second kappa shape index (κ2) is 7.34. The Morgan fingerprint density at radius 1 is 0.640 bits per heavy atom. The normalized spacial score (nSPS) is 17.3. The smallest absolute Gasteiger partial charge is 0.0462 e. The molecule has 0 aromatic heterocycles. The summed E-state index contributed by atoms with van der Waals surface area (Å²) in [5, 5.41) is 2.28. The molecular weight excluding hydrogens is 390 g/mol. The lowest BCUT2D eigenvalue weighted by atomic mass is 10.2. The molecule has 0 fully saturated rings. The van der Waals surface area contributed by atoms with Crippen LogP contribution in [0.15, 0.2) is 111 Å². The largest absolute Gasteiger partial charge is 0.311 e. The SMILES string of the molecule is BrC1=CC=C[SH]1c1ccc(N(c2ccccc2)c2ccccc2)cc1. The summed E-state index contributed by atoms with van der Waals surface area (Å²) < 4.78 is 1.28. The fraction of sp³-hybridized carbons (Fsp3) is 0. The van der Waals surface area contributed by atoms with Crippen LogP contribution in [0.4, 0.5) is 17.1 Å². The average molecular weight is 408 g/mol. The number of thiol groups is 1. The number of hydrogen-bond donors (Lipinski definition) is 1. The standard InChI is InChI=1S/C22H18BrNS/c23-22-12-7-17-25(22)21-15-13-20(14-16-21)24(18-8-3-1-4-9-18)19-10-5-2-6-11-19/h1-17,25H. The molecule has 1 atom stereocenters. The van der Waals surface area contributed by atoms with Gasteiger partial charge in [-0.2, -0.15) is 10.9 Å². The molecule has 3 heteroatoms. The van der Waals surface area contributed by atoms with Gasteiger partial charge in [-0.05, 0) is 80.8 Å². The van der Waals surface area contributed by atoms with Crippen molar-refractivity contribution in [3.05, 3.63) is 106 Å². The van der Waals surface area contributed by atoms with Crippen LogP contribution < -0.4 is 4.90 Å². The summed E-state index contributed by atoms with van der Waals surface area (Å²) in [5.41, 5.74) is 3.49. The van der Waals surface area contributed by atoms with Gasteiger partial charge in [-0.3, -0.25) is 0 Å². The summed E-state index contributed by atoms with van der Waals surface area (Å²) in [6.45, 7) is 0. The van der Waals surface area contributed by atoms with Crippen molar-refractivity contribution in [1.82, 2.24) is 0 Å². The zero-order valence-electron chi connectivity index (χ0n) is 13.6. The van der Waals surface area contributed by atoms with Gasteiger partial charge in [0.05, 0.1) is 0 Å². The molecule has 0 spiro atoms. The van der Waals surface area contributed by atoms with E-state index in [-0.39, 0.29) is 10.9 Å². The number of halogens is 1. The summed E-state index contributed by atoms with van der Waals surface area (Å²) in [7, 11) is -0.363. The van der Waals surface area contributed by atoms with E-state index in [4.69, 9.17) is 0 Å². The number of hydrogen-bond acceptors (Lipinski definition) is 1. The maximum atomic E-state index is 3.68. The molecule has 124 valence electrons. The van der Waals surface area contributed by atoms with Gasteiger partial charge in [-0.25, -0.2) is 0 Å². The molecule has 0 radical (unpaired) electrons. The highest BCUT2D eigenvalue weighted by molar-refractivity contribution is 9.14. The summed E-state index contributed by atoms with van der Waals surface area (Å²) in [6, 6.07) is 29.9. The topological polar surface area (TPSA) is 3.24 Å². The number of benzene rings is 3. The number of rotatable bonds is 4. The first kappa shape index (κ1) is 16.2. The van der Waals surface area contributed by atoms with Gasteiger partial charge in [-0.1, -0.05) is 42.5 Å². The van der Waals surface area contributed by atoms with Crippen LogP contribution >= 0.6 is 26.8 Å². The molecule has 1 heterocycles. The van der Waals surface area contributed by atoms with Gasteiger partial charge in [0.25, 0.3) is 0 Å². The van der Waals surface area contributed by atoms with E-state index in [1.54, 1.807) is 0 Å². The lowest BCUT2D eigenvalue weighted by Gasteiger charge is -2.26. The molecule has 1 aliphatic heterocycles. The quantitative estimate of drug-likeness (QED) is 0.444. The Kier molecular flexibility index (Phi) is 4.77. The second-order valence-electron chi connectivity index (χ2n) is 5.72. The summed E-state index contributed by atoms with van der Waals surface area (Å²) in [6.07, 6.45) is 4.27.